The second-order valence-corrected chi connectivity index (χ2v) is 4.47. The second kappa shape index (κ2) is 5.21. The van der Waals surface area contributed by atoms with Crippen LogP contribution in [0.5, 0.6) is 0 Å². The topological polar surface area (TPSA) is 61.6 Å². The molecule has 2 rings (SSSR count). The fraction of sp³-hybridized carbons (Fsp3) is 0.667. The summed E-state index contributed by atoms with van der Waals surface area (Å²) in [5.74, 6) is 1.95. The smallest absolute Gasteiger partial charge is 0.238 e. The molecule has 0 bridgehead atoms. The van der Waals surface area contributed by atoms with Crippen molar-refractivity contribution >= 4 is 0 Å². The average molecular weight is 239 g/mol. The first kappa shape index (κ1) is 12.0. The van der Waals surface area contributed by atoms with Crippen LogP contribution in [0.3, 0.4) is 0 Å². The number of hydrogen-bond acceptors (Lipinski definition) is 4. The van der Waals surface area contributed by atoms with Gasteiger partial charge in [-0.1, -0.05) is 12.8 Å². The minimum Gasteiger partial charge on any atom is -0.493 e. The molecule has 0 saturated heterocycles. The number of ether oxygens (including phenoxy) is 2. The average Bonchev–Trinajstić information content (AvgIpc) is 3.13. The molecule has 0 aromatic carbocycles. The highest BCUT2D eigenvalue weighted by atomic mass is 16.6. The molecule has 0 aromatic rings. The van der Waals surface area contributed by atoms with Gasteiger partial charge in [0.05, 0.1) is 13.7 Å². The van der Waals surface area contributed by atoms with Gasteiger partial charge in [-0.25, -0.2) is 0 Å². The Morgan fingerprint density at radius 1 is 1.47 bits per heavy atom. The first-order valence-corrected chi connectivity index (χ1v) is 5.93. The number of nitro groups is 1. The van der Waals surface area contributed by atoms with E-state index in [1.165, 1.54) is 26.0 Å². The zero-order chi connectivity index (χ0) is 12.3. The van der Waals surface area contributed by atoms with Gasteiger partial charge >= 0.3 is 0 Å². The molecule has 0 aromatic heterocycles. The van der Waals surface area contributed by atoms with Gasteiger partial charge in [0.25, 0.3) is 0 Å². The van der Waals surface area contributed by atoms with Crippen molar-refractivity contribution in [3.05, 3.63) is 33.8 Å². The molecule has 0 heterocycles. The largest absolute Gasteiger partial charge is 0.493 e. The van der Waals surface area contributed by atoms with Gasteiger partial charge in [-0.05, 0) is 18.4 Å². The monoisotopic (exact) mass is 239 g/mol. The highest BCUT2D eigenvalue weighted by Gasteiger charge is 2.26. The van der Waals surface area contributed by atoms with Gasteiger partial charge in [-0.3, -0.25) is 10.1 Å². The van der Waals surface area contributed by atoms with Gasteiger partial charge in [0.15, 0.2) is 11.5 Å². The molecular weight excluding hydrogens is 222 g/mol. The van der Waals surface area contributed by atoms with E-state index in [1.54, 1.807) is 6.08 Å². The molecule has 2 aliphatic rings. The first-order valence-electron chi connectivity index (χ1n) is 5.93. The second-order valence-electron chi connectivity index (χ2n) is 4.47. The van der Waals surface area contributed by atoms with Crippen molar-refractivity contribution in [2.24, 2.45) is 5.92 Å². The van der Waals surface area contributed by atoms with E-state index >= 15 is 0 Å². The molecule has 17 heavy (non-hydrogen) atoms. The molecule has 0 radical (unpaired) electrons. The molecule has 5 heteroatoms. The van der Waals surface area contributed by atoms with Crippen molar-refractivity contribution in [1.82, 2.24) is 0 Å². The molecule has 94 valence electrons. The van der Waals surface area contributed by atoms with Gasteiger partial charge in [0.2, 0.25) is 6.04 Å². The molecule has 5 nitrogen and oxygen atoms in total. The zero-order valence-corrected chi connectivity index (χ0v) is 9.93. The molecule has 1 saturated carbocycles. The van der Waals surface area contributed by atoms with Gasteiger partial charge in [0.1, 0.15) is 0 Å². The van der Waals surface area contributed by atoms with Crippen LogP contribution in [0.2, 0.25) is 0 Å². The Morgan fingerprint density at radius 3 is 2.82 bits per heavy atom. The normalized spacial score (nSPS) is 23.7. The van der Waals surface area contributed by atoms with Crippen molar-refractivity contribution in [1.29, 1.82) is 0 Å². The van der Waals surface area contributed by atoms with E-state index in [-0.39, 0.29) is 4.92 Å². The Hall–Kier alpha value is -1.52. The number of rotatable bonds is 6. The van der Waals surface area contributed by atoms with E-state index in [0.29, 0.717) is 24.5 Å². The SMILES string of the molecule is COC1=CC([N+](=O)[O-])CC=C1OCCC1CC1. The molecule has 1 atom stereocenters. The quantitative estimate of drug-likeness (QED) is 0.527. The van der Waals surface area contributed by atoms with Crippen molar-refractivity contribution < 1.29 is 14.4 Å². The lowest BCUT2D eigenvalue weighted by Gasteiger charge is -2.17. The highest BCUT2D eigenvalue weighted by molar-refractivity contribution is 5.26. The van der Waals surface area contributed by atoms with E-state index in [4.69, 9.17) is 9.47 Å². The highest BCUT2D eigenvalue weighted by Crippen LogP contribution is 2.33. The molecule has 0 aliphatic heterocycles. The Kier molecular flexibility index (Phi) is 3.66. The maximum atomic E-state index is 10.7. The molecule has 0 spiro atoms. The summed E-state index contributed by atoms with van der Waals surface area (Å²) < 4.78 is 10.7. The van der Waals surface area contributed by atoms with Crippen molar-refractivity contribution in [3.63, 3.8) is 0 Å². The fourth-order valence-corrected chi connectivity index (χ4v) is 1.84. The van der Waals surface area contributed by atoms with E-state index < -0.39 is 6.04 Å². The summed E-state index contributed by atoms with van der Waals surface area (Å²) in [6.07, 6.45) is 7.31. The van der Waals surface area contributed by atoms with Crippen LogP contribution in [0.4, 0.5) is 0 Å². The summed E-state index contributed by atoms with van der Waals surface area (Å²) in [6, 6.07) is -0.694. The zero-order valence-electron chi connectivity index (χ0n) is 9.93. The van der Waals surface area contributed by atoms with Gasteiger partial charge in [-0.2, -0.15) is 0 Å². The summed E-state index contributed by atoms with van der Waals surface area (Å²) in [6.45, 7) is 0.667. The van der Waals surface area contributed by atoms with E-state index in [9.17, 15) is 10.1 Å². The Bertz CT molecular complexity index is 358. The van der Waals surface area contributed by atoms with Crippen LogP contribution in [0.1, 0.15) is 25.7 Å². The van der Waals surface area contributed by atoms with Gasteiger partial charge < -0.3 is 9.47 Å². The predicted molar refractivity (Wildman–Crippen MR) is 61.9 cm³/mol. The standard InChI is InChI=1S/C12H17NO4/c1-16-12-8-10(13(14)15)4-5-11(12)17-7-6-9-2-3-9/h5,8-10H,2-4,6-7H2,1H3. The Morgan fingerprint density at radius 2 is 2.24 bits per heavy atom. The maximum Gasteiger partial charge on any atom is 0.238 e. The molecular formula is C12H17NO4. The van der Waals surface area contributed by atoms with Crippen LogP contribution in [0.15, 0.2) is 23.7 Å². The molecule has 0 amide bonds. The molecule has 1 unspecified atom stereocenters. The third-order valence-corrected chi connectivity index (χ3v) is 3.10. The van der Waals surface area contributed by atoms with Crippen LogP contribution in [-0.2, 0) is 9.47 Å². The third kappa shape index (κ3) is 3.22. The minimum atomic E-state index is -0.694. The lowest BCUT2D eigenvalue weighted by Crippen LogP contribution is -2.20. The molecule has 0 N–H and O–H groups in total. The Balaban J connectivity index is 1.87. The third-order valence-electron chi connectivity index (χ3n) is 3.10. The van der Waals surface area contributed by atoms with Crippen LogP contribution < -0.4 is 0 Å². The lowest BCUT2D eigenvalue weighted by atomic mass is 10.1. The number of methoxy groups -OCH3 is 1. The molecule has 2 aliphatic carbocycles. The van der Waals surface area contributed by atoms with Crippen LogP contribution in [0, 0.1) is 16.0 Å². The van der Waals surface area contributed by atoms with Gasteiger partial charge in [0, 0.05) is 17.4 Å². The number of nitrogens with zero attached hydrogens (tertiary/aromatic N) is 1. The maximum absolute atomic E-state index is 10.7. The van der Waals surface area contributed by atoms with Crippen molar-refractivity contribution in [2.75, 3.05) is 13.7 Å². The van der Waals surface area contributed by atoms with E-state index in [1.807, 2.05) is 0 Å². The van der Waals surface area contributed by atoms with Crippen molar-refractivity contribution in [2.45, 2.75) is 31.7 Å². The summed E-state index contributed by atoms with van der Waals surface area (Å²) >= 11 is 0. The fourth-order valence-electron chi connectivity index (χ4n) is 1.84. The molecule has 1 fully saturated rings. The minimum absolute atomic E-state index is 0.309. The van der Waals surface area contributed by atoms with E-state index in [2.05, 4.69) is 0 Å². The first-order chi connectivity index (χ1) is 8.20. The van der Waals surface area contributed by atoms with E-state index in [0.717, 1.165) is 12.3 Å². The van der Waals surface area contributed by atoms with Crippen LogP contribution in [0.25, 0.3) is 0 Å². The lowest BCUT2D eigenvalue weighted by molar-refractivity contribution is -0.509. The van der Waals surface area contributed by atoms with Gasteiger partial charge in [-0.15, -0.1) is 0 Å². The predicted octanol–water partition coefficient (Wildman–Crippen LogP) is 2.27. The van der Waals surface area contributed by atoms with Crippen LogP contribution >= 0.6 is 0 Å². The Labute approximate surface area is 100 Å². The summed E-state index contributed by atoms with van der Waals surface area (Å²) in [5, 5.41) is 10.7. The summed E-state index contributed by atoms with van der Waals surface area (Å²) in [4.78, 5) is 10.4. The summed E-state index contributed by atoms with van der Waals surface area (Å²) in [5.41, 5.74) is 0. The van der Waals surface area contributed by atoms with Crippen LogP contribution in [-0.4, -0.2) is 24.7 Å². The number of hydrogen-bond donors (Lipinski definition) is 0. The van der Waals surface area contributed by atoms with Crippen molar-refractivity contribution in [3.8, 4) is 0 Å². The summed E-state index contributed by atoms with van der Waals surface area (Å²) in [7, 11) is 1.51.